The zero-order valence-electron chi connectivity index (χ0n) is 17.4. The predicted molar refractivity (Wildman–Crippen MR) is 122 cm³/mol. The number of rotatable bonds is 5. The molecule has 0 aliphatic carbocycles. The van der Waals surface area contributed by atoms with Crippen molar-refractivity contribution in [3.05, 3.63) is 72.7 Å². The molecule has 0 spiro atoms. The summed E-state index contributed by atoms with van der Waals surface area (Å²) in [6.07, 6.45) is 5.69. The van der Waals surface area contributed by atoms with Crippen molar-refractivity contribution in [1.82, 2.24) is 19.9 Å². The van der Waals surface area contributed by atoms with Crippen LogP contribution in [0.2, 0.25) is 0 Å². The van der Waals surface area contributed by atoms with E-state index in [1.807, 2.05) is 42.6 Å². The number of hydrogen-bond donors (Lipinski definition) is 1. The van der Waals surface area contributed by atoms with Crippen LogP contribution in [0.15, 0.2) is 67.1 Å². The van der Waals surface area contributed by atoms with Gasteiger partial charge in [-0.3, -0.25) is 4.98 Å². The van der Waals surface area contributed by atoms with Gasteiger partial charge >= 0.3 is 0 Å². The van der Waals surface area contributed by atoms with Crippen LogP contribution in [0.5, 0.6) is 0 Å². The van der Waals surface area contributed by atoms with Crippen molar-refractivity contribution in [2.75, 3.05) is 29.9 Å². The molecule has 1 saturated heterocycles. The first-order valence-electron chi connectivity index (χ1n) is 10.5. The minimum atomic E-state index is 0.233. The number of nitrogens with one attached hydrogen (secondary N) is 1. The first kappa shape index (κ1) is 19.4. The number of aromatic nitrogens is 4. The second-order valence-corrected chi connectivity index (χ2v) is 7.66. The van der Waals surface area contributed by atoms with Gasteiger partial charge in [-0.2, -0.15) is 0 Å². The summed E-state index contributed by atoms with van der Waals surface area (Å²) in [7, 11) is 0. The van der Waals surface area contributed by atoms with Gasteiger partial charge in [0.2, 0.25) is 0 Å². The number of pyridine rings is 2. The molecule has 1 aliphatic heterocycles. The zero-order chi connectivity index (χ0) is 21.0. The zero-order valence-corrected chi connectivity index (χ0v) is 17.4. The first-order valence-corrected chi connectivity index (χ1v) is 10.5. The van der Waals surface area contributed by atoms with Crippen LogP contribution in [0.4, 0.5) is 11.6 Å². The van der Waals surface area contributed by atoms with E-state index in [-0.39, 0.29) is 6.10 Å². The van der Waals surface area contributed by atoms with Crippen LogP contribution in [0, 0.1) is 0 Å². The van der Waals surface area contributed by atoms with Gasteiger partial charge in [-0.15, -0.1) is 0 Å². The Morgan fingerprint density at radius 3 is 2.81 bits per heavy atom. The summed E-state index contributed by atoms with van der Waals surface area (Å²) >= 11 is 0. The maximum Gasteiger partial charge on any atom is 0.163 e. The molecule has 3 aromatic heterocycles. The first-order chi connectivity index (χ1) is 15.3. The lowest BCUT2D eigenvalue weighted by atomic mass is 10.2. The van der Waals surface area contributed by atoms with Crippen molar-refractivity contribution in [1.29, 1.82) is 0 Å². The Morgan fingerprint density at radius 1 is 1.06 bits per heavy atom. The number of morpholine rings is 1. The maximum atomic E-state index is 5.62. The number of nitrogens with zero attached hydrogens (tertiary/aromatic N) is 5. The van der Waals surface area contributed by atoms with Crippen LogP contribution in [0.3, 0.4) is 0 Å². The van der Waals surface area contributed by atoms with E-state index in [1.54, 1.807) is 12.4 Å². The van der Waals surface area contributed by atoms with Crippen molar-refractivity contribution >= 4 is 22.5 Å². The average molecular weight is 412 g/mol. The molecule has 1 aliphatic rings. The monoisotopic (exact) mass is 412 g/mol. The molecule has 5 rings (SSSR count). The molecule has 1 unspecified atom stereocenters. The molecule has 7 heteroatoms. The molecular weight excluding hydrogens is 388 g/mol. The third-order valence-corrected chi connectivity index (χ3v) is 5.36. The lowest BCUT2D eigenvalue weighted by molar-refractivity contribution is 0.0529. The van der Waals surface area contributed by atoms with Gasteiger partial charge in [0, 0.05) is 49.2 Å². The SMILES string of the molecule is CC1CN(c2ccc(CNc3nc(-c4cccnc4)nc4ccccc34)cn2)CCO1. The number of anilines is 2. The second kappa shape index (κ2) is 8.65. The van der Waals surface area contributed by atoms with Crippen LogP contribution in [-0.4, -0.2) is 45.7 Å². The van der Waals surface area contributed by atoms with E-state index in [0.29, 0.717) is 12.4 Å². The van der Waals surface area contributed by atoms with Gasteiger partial charge in [-0.25, -0.2) is 15.0 Å². The van der Waals surface area contributed by atoms with Gasteiger partial charge in [0.05, 0.1) is 18.2 Å². The fourth-order valence-corrected chi connectivity index (χ4v) is 3.76. The second-order valence-electron chi connectivity index (χ2n) is 7.66. The quantitative estimate of drug-likeness (QED) is 0.532. The molecule has 1 N–H and O–H groups in total. The maximum absolute atomic E-state index is 5.62. The lowest BCUT2D eigenvalue weighted by Gasteiger charge is -2.32. The highest BCUT2D eigenvalue weighted by Crippen LogP contribution is 2.25. The van der Waals surface area contributed by atoms with Crippen molar-refractivity contribution in [3.63, 3.8) is 0 Å². The molecule has 4 heterocycles. The molecular formula is C24H24N6O. The highest BCUT2D eigenvalue weighted by atomic mass is 16.5. The standard InChI is InChI=1S/C24H24N6O/c1-17-16-30(11-12-31-17)22-9-8-18(13-26-22)14-27-24-20-6-2-3-7-21(20)28-23(29-24)19-5-4-10-25-15-19/h2-10,13,15,17H,11-12,14,16H2,1H3,(H,27,28,29). The summed E-state index contributed by atoms with van der Waals surface area (Å²) in [6.45, 7) is 5.20. The number of fused-ring (bicyclic) bond motifs is 1. The lowest BCUT2D eigenvalue weighted by Crippen LogP contribution is -2.41. The average Bonchev–Trinajstić information content (AvgIpc) is 2.83. The smallest absolute Gasteiger partial charge is 0.163 e. The fourth-order valence-electron chi connectivity index (χ4n) is 3.76. The highest BCUT2D eigenvalue weighted by Gasteiger charge is 2.17. The van der Waals surface area contributed by atoms with Crippen molar-refractivity contribution in [2.45, 2.75) is 19.6 Å². The van der Waals surface area contributed by atoms with Crippen LogP contribution in [0.25, 0.3) is 22.3 Å². The topological polar surface area (TPSA) is 76.1 Å². The summed E-state index contributed by atoms with van der Waals surface area (Å²) in [6, 6.07) is 16.1. The molecule has 1 aromatic carbocycles. The van der Waals surface area contributed by atoms with Gasteiger partial charge in [0.25, 0.3) is 0 Å². The molecule has 0 saturated carbocycles. The van der Waals surface area contributed by atoms with Crippen LogP contribution in [-0.2, 0) is 11.3 Å². The third kappa shape index (κ3) is 4.32. The minimum absolute atomic E-state index is 0.233. The molecule has 0 amide bonds. The Kier molecular flexibility index (Phi) is 5.41. The Hall–Kier alpha value is -3.58. The van der Waals surface area contributed by atoms with Crippen molar-refractivity contribution in [2.24, 2.45) is 0 Å². The fraction of sp³-hybridized carbons (Fsp3) is 0.250. The van der Waals surface area contributed by atoms with Gasteiger partial charge in [-0.05, 0) is 42.8 Å². The summed E-state index contributed by atoms with van der Waals surface area (Å²) in [5.41, 5.74) is 2.88. The predicted octanol–water partition coefficient (Wildman–Crippen LogP) is 3.92. The highest BCUT2D eigenvalue weighted by molar-refractivity contribution is 5.90. The van der Waals surface area contributed by atoms with Gasteiger partial charge < -0.3 is 15.0 Å². The molecule has 156 valence electrons. The number of hydrogen-bond acceptors (Lipinski definition) is 7. The van der Waals surface area contributed by atoms with E-state index >= 15 is 0 Å². The van der Waals surface area contributed by atoms with Gasteiger partial charge in [0.1, 0.15) is 11.6 Å². The Bertz CT molecular complexity index is 1170. The van der Waals surface area contributed by atoms with Crippen molar-refractivity contribution in [3.8, 4) is 11.4 Å². The Labute approximate surface area is 181 Å². The summed E-state index contributed by atoms with van der Waals surface area (Å²) in [4.78, 5) is 20.6. The van der Waals surface area contributed by atoms with E-state index in [1.165, 1.54) is 0 Å². The summed E-state index contributed by atoms with van der Waals surface area (Å²) in [5, 5.41) is 4.46. The normalized spacial score (nSPS) is 16.4. The van der Waals surface area contributed by atoms with E-state index in [0.717, 1.165) is 53.4 Å². The Morgan fingerprint density at radius 2 is 2.00 bits per heavy atom. The molecule has 4 aromatic rings. The minimum Gasteiger partial charge on any atom is -0.375 e. The van der Waals surface area contributed by atoms with Gasteiger partial charge in [-0.1, -0.05) is 18.2 Å². The number of ether oxygens (including phenoxy) is 1. The Balaban J connectivity index is 1.37. The molecule has 7 nitrogen and oxygen atoms in total. The molecule has 1 atom stereocenters. The van der Waals surface area contributed by atoms with Crippen LogP contribution < -0.4 is 10.2 Å². The molecule has 1 fully saturated rings. The molecule has 0 radical (unpaired) electrons. The van der Waals surface area contributed by atoms with E-state index in [4.69, 9.17) is 14.7 Å². The van der Waals surface area contributed by atoms with E-state index in [9.17, 15) is 0 Å². The van der Waals surface area contributed by atoms with Gasteiger partial charge in [0.15, 0.2) is 5.82 Å². The number of para-hydroxylation sites is 1. The largest absolute Gasteiger partial charge is 0.375 e. The number of benzene rings is 1. The molecule has 31 heavy (non-hydrogen) atoms. The van der Waals surface area contributed by atoms with Crippen LogP contribution in [0.1, 0.15) is 12.5 Å². The third-order valence-electron chi connectivity index (χ3n) is 5.36. The molecule has 0 bridgehead atoms. The summed E-state index contributed by atoms with van der Waals surface area (Å²) < 4.78 is 5.62. The van der Waals surface area contributed by atoms with Crippen molar-refractivity contribution < 1.29 is 4.74 Å². The summed E-state index contributed by atoms with van der Waals surface area (Å²) in [5.74, 6) is 2.45. The van der Waals surface area contributed by atoms with Crippen LogP contribution >= 0.6 is 0 Å². The van der Waals surface area contributed by atoms with E-state index < -0.39 is 0 Å². The van der Waals surface area contributed by atoms with E-state index in [2.05, 4.69) is 39.2 Å².